The molecule has 1 aliphatic carbocycles. The molecule has 1 amide bonds. The maximum Gasteiger partial charge on any atom is 0.229 e. The number of rotatable bonds is 4. The van der Waals surface area contributed by atoms with E-state index in [1.54, 1.807) is 0 Å². The Balaban J connectivity index is 1.64. The molecule has 0 spiro atoms. The van der Waals surface area contributed by atoms with Gasteiger partial charge in [0.25, 0.3) is 0 Å². The Morgan fingerprint density at radius 1 is 1.44 bits per heavy atom. The van der Waals surface area contributed by atoms with Gasteiger partial charge in [0.2, 0.25) is 5.91 Å². The van der Waals surface area contributed by atoms with Crippen LogP contribution in [0.2, 0.25) is 0 Å². The van der Waals surface area contributed by atoms with Crippen LogP contribution in [0, 0.1) is 5.41 Å². The average Bonchev–Trinajstić information content (AvgIpc) is 3.07. The molecule has 3 rings (SSSR count). The Bertz CT molecular complexity index is 469. The van der Waals surface area contributed by atoms with Crippen molar-refractivity contribution < 1.29 is 9.90 Å². The highest BCUT2D eigenvalue weighted by atomic mass is 16.3. The van der Waals surface area contributed by atoms with E-state index in [1.807, 2.05) is 24.3 Å². The Morgan fingerprint density at radius 3 is 2.94 bits per heavy atom. The molecule has 0 saturated heterocycles. The maximum absolute atomic E-state index is 12.2. The van der Waals surface area contributed by atoms with E-state index in [0.29, 0.717) is 13.1 Å². The van der Waals surface area contributed by atoms with Gasteiger partial charge in [-0.1, -0.05) is 18.2 Å². The molecule has 0 radical (unpaired) electrons. The predicted octanol–water partition coefficient (Wildman–Crippen LogP) is 1.08. The molecule has 1 atom stereocenters. The fourth-order valence-electron chi connectivity index (χ4n) is 2.48. The number of para-hydroxylation sites is 1. The zero-order valence-corrected chi connectivity index (χ0v) is 10.3. The van der Waals surface area contributed by atoms with Gasteiger partial charge in [0.1, 0.15) is 0 Å². The minimum atomic E-state index is -0.101. The van der Waals surface area contributed by atoms with Crippen molar-refractivity contribution in [1.29, 1.82) is 0 Å². The van der Waals surface area contributed by atoms with E-state index in [4.69, 9.17) is 0 Å². The number of aliphatic hydroxyl groups is 1. The van der Waals surface area contributed by atoms with Gasteiger partial charge in [-0.2, -0.15) is 0 Å². The zero-order valence-electron chi connectivity index (χ0n) is 10.3. The van der Waals surface area contributed by atoms with Crippen LogP contribution in [0.3, 0.4) is 0 Å². The van der Waals surface area contributed by atoms with Crippen molar-refractivity contribution in [3.63, 3.8) is 0 Å². The first-order valence-corrected chi connectivity index (χ1v) is 6.45. The van der Waals surface area contributed by atoms with Crippen molar-refractivity contribution in [2.75, 3.05) is 25.0 Å². The number of amides is 1. The molecule has 1 aromatic carbocycles. The molecule has 96 valence electrons. The summed E-state index contributed by atoms with van der Waals surface area (Å²) < 4.78 is 0. The lowest BCUT2D eigenvalue weighted by Crippen LogP contribution is -2.35. The van der Waals surface area contributed by atoms with Crippen LogP contribution in [0.15, 0.2) is 24.3 Å². The SMILES string of the molecule is O=C(NCC1(CO)CC1)C1CNc2ccccc21. The first kappa shape index (κ1) is 11.5. The number of benzene rings is 1. The zero-order chi connectivity index (χ0) is 12.6. The summed E-state index contributed by atoms with van der Waals surface area (Å²) in [6.07, 6.45) is 2.03. The topological polar surface area (TPSA) is 61.4 Å². The summed E-state index contributed by atoms with van der Waals surface area (Å²) in [5.74, 6) is -0.0390. The van der Waals surface area contributed by atoms with Gasteiger partial charge in [0.15, 0.2) is 0 Å². The molecular weight excluding hydrogens is 228 g/mol. The summed E-state index contributed by atoms with van der Waals surface area (Å²) in [5, 5.41) is 15.5. The van der Waals surface area contributed by atoms with E-state index in [-0.39, 0.29) is 23.8 Å². The number of fused-ring (bicyclic) bond motifs is 1. The van der Waals surface area contributed by atoms with Crippen molar-refractivity contribution in [2.24, 2.45) is 5.41 Å². The molecule has 1 heterocycles. The van der Waals surface area contributed by atoms with Crippen molar-refractivity contribution in [2.45, 2.75) is 18.8 Å². The Hall–Kier alpha value is -1.55. The number of hydrogen-bond acceptors (Lipinski definition) is 3. The van der Waals surface area contributed by atoms with Crippen molar-refractivity contribution >= 4 is 11.6 Å². The highest BCUT2D eigenvalue weighted by molar-refractivity contribution is 5.88. The number of nitrogens with one attached hydrogen (secondary N) is 2. The van der Waals surface area contributed by atoms with E-state index in [1.165, 1.54) is 0 Å². The summed E-state index contributed by atoms with van der Waals surface area (Å²) in [6, 6.07) is 7.93. The van der Waals surface area contributed by atoms with E-state index in [9.17, 15) is 9.90 Å². The largest absolute Gasteiger partial charge is 0.396 e. The van der Waals surface area contributed by atoms with E-state index in [2.05, 4.69) is 10.6 Å². The molecule has 1 aromatic rings. The van der Waals surface area contributed by atoms with Crippen LogP contribution in [0.4, 0.5) is 5.69 Å². The van der Waals surface area contributed by atoms with Crippen LogP contribution in [-0.4, -0.2) is 30.7 Å². The molecule has 1 unspecified atom stereocenters. The first-order chi connectivity index (χ1) is 8.74. The number of aliphatic hydroxyl groups excluding tert-OH is 1. The molecular formula is C14H18N2O2. The molecule has 3 N–H and O–H groups in total. The van der Waals surface area contributed by atoms with Gasteiger partial charge in [-0.05, 0) is 24.5 Å². The predicted molar refractivity (Wildman–Crippen MR) is 69.4 cm³/mol. The third-order valence-electron chi connectivity index (χ3n) is 4.08. The molecule has 18 heavy (non-hydrogen) atoms. The van der Waals surface area contributed by atoms with Crippen LogP contribution in [0.1, 0.15) is 24.3 Å². The number of carbonyl (C=O) groups is 1. The standard InChI is InChI=1S/C14H18N2O2/c17-9-14(5-6-14)8-16-13(18)11-7-15-12-4-2-1-3-10(11)12/h1-4,11,15,17H,5-9H2,(H,16,18). The van der Waals surface area contributed by atoms with E-state index >= 15 is 0 Å². The quantitative estimate of drug-likeness (QED) is 0.745. The summed E-state index contributed by atoms with van der Waals surface area (Å²) in [4.78, 5) is 12.2. The Kier molecular flexibility index (Phi) is 2.74. The normalized spacial score (nSPS) is 23.1. The van der Waals surface area contributed by atoms with Gasteiger partial charge in [-0.25, -0.2) is 0 Å². The summed E-state index contributed by atoms with van der Waals surface area (Å²) in [7, 11) is 0. The fraction of sp³-hybridized carbons (Fsp3) is 0.500. The number of hydrogen-bond donors (Lipinski definition) is 3. The third kappa shape index (κ3) is 1.97. The van der Waals surface area contributed by atoms with Gasteiger partial charge in [0.05, 0.1) is 12.5 Å². The maximum atomic E-state index is 12.2. The van der Waals surface area contributed by atoms with Crippen LogP contribution in [-0.2, 0) is 4.79 Å². The lowest BCUT2D eigenvalue weighted by molar-refractivity contribution is -0.122. The van der Waals surface area contributed by atoms with Crippen LogP contribution in [0.5, 0.6) is 0 Å². The van der Waals surface area contributed by atoms with Gasteiger partial charge in [0, 0.05) is 24.2 Å². The van der Waals surface area contributed by atoms with Gasteiger partial charge in [-0.3, -0.25) is 4.79 Å². The smallest absolute Gasteiger partial charge is 0.229 e. The third-order valence-corrected chi connectivity index (χ3v) is 4.08. The molecule has 1 fully saturated rings. The van der Waals surface area contributed by atoms with Crippen LogP contribution >= 0.6 is 0 Å². The van der Waals surface area contributed by atoms with E-state index in [0.717, 1.165) is 24.1 Å². The molecule has 4 nitrogen and oxygen atoms in total. The fourth-order valence-corrected chi connectivity index (χ4v) is 2.48. The van der Waals surface area contributed by atoms with Gasteiger partial charge < -0.3 is 15.7 Å². The minimum absolute atomic E-state index is 0.0266. The summed E-state index contributed by atoms with van der Waals surface area (Å²) in [6.45, 7) is 1.44. The van der Waals surface area contributed by atoms with Crippen LogP contribution < -0.4 is 10.6 Å². The second-order valence-corrected chi connectivity index (χ2v) is 5.40. The monoisotopic (exact) mass is 246 g/mol. The highest BCUT2D eigenvalue weighted by Gasteiger charge is 2.42. The second kappa shape index (κ2) is 4.28. The van der Waals surface area contributed by atoms with Crippen molar-refractivity contribution in [1.82, 2.24) is 5.32 Å². The van der Waals surface area contributed by atoms with Crippen LogP contribution in [0.25, 0.3) is 0 Å². The molecule has 4 heteroatoms. The Morgan fingerprint density at radius 2 is 2.22 bits per heavy atom. The molecule has 0 aromatic heterocycles. The second-order valence-electron chi connectivity index (χ2n) is 5.40. The van der Waals surface area contributed by atoms with Gasteiger partial charge in [-0.15, -0.1) is 0 Å². The molecule has 1 saturated carbocycles. The minimum Gasteiger partial charge on any atom is -0.396 e. The number of carbonyl (C=O) groups excluding carboxylic acids is 1. The first-order valence-electron chi connectivity index (χ1n) is 6.45. The lowest BCUT2D eigenvalue weighted by atomic mass is 10.00. The van der Waals surface area contributed by atoms with Crippen molar-refractivity contribution in [3.8, 4) is 0 Å². The highest BCUT2D eigenvalue weighted by Crippen LogP contribution is 2.44. The molecule has 2 aliphatic rings. The van der Waals surface area contributed by atoms with E-state index < -0.39 is 0 Å². The Labute approximate surface area is 106 Å². The molecule has 1 aliphatic heterocycles. The average molecular weight is 246 g/mol. The van der Waals surface area contributed by atoms with Crippen molar-refractivity contribution in [3.05, 3.63) is 29.8 Å². The summed E-state index contributed by atoms with van der Waals surface area (Å²) >= 11 is 0. The lowest BCUT2D eigenvalue weighted by Gasteiger charge is -2.15. The summed E-state index contributed by atoms with van der Waals surface area (Å²) in [5.41, 5.74) is 2.10. The number of anilines is 1. The van der Waals surface area contributed by atoms with Gasteiger partial charge >= 0.3 is 0 Å². The molecule has 0 bridgehead atoms.